The van der Waals surface area contributed by atoms with Crippen LogP contribution in [0.25, 0.3) is 22.4 Å². The van der Waals surface area contributed by atoms with Gasteiger partial charge in [0.2, 0.25) is 0 Å². The Hall–Kier alpha value is -4.00. The first kappa shape index (κ1) is 20.3. The van der Waals surface area contributed by atoms with Crippen LogP contribution in [0.5, 0.6) is 0 Å². The topological polar surface area (TPSA) is 92.4 Å². The zero-order chi connectivity index (χ0) is 22.1. The van der Waals surface area contributed by atoms with Crippen molar-refractivity contribution < 1.29 is 18.7 Å². The molecule has 2 N–H and O–H groups in total. The van der Waals surface area contributed by atoms with Crippen molar-refractivity contribution in [3.05, 3.63) is 93.5 Å². The number of carboxylic acid groups (broad SMARTS) is 1. The Morgan fingerprint density at radius 2 is 1.90 bits per heavy atom. The van der Waals surface area contributed by atoms with Gasteiger partial charge in [-0.25, -0.2) is 9.18 Å². The molecule has 0 aliphatic heterocycles. The first-order valence-electron chi connectivity index (χ1n) is 9.64. The van der Waals surface area contributed by atoms with Crippen LogP contribution < -0.4 is 10.7 Å². The third-order valence-electron chi connectivity index (χ3n) is 5.11. The first-order chi connectivity index (χ1) is 14.9. The molecule has 0 bridgehead atoms. The summed E-state index contributed by atoms with van der Waals surface area (Å²) in [5, 5.41) is 12.6. The standard InChI is InChI=1S/C24H19FN2O4/c1-13-21(28)18-12-15(25)11-17(23(18)31-22(13)20-9-5-6-10-26-20)14(2)27-19-8-4-3-7-16(19)24(29)30/h3-12,14,27H,1-2H3,(H,29,30)/t14-/m1/s1. The number of para-hydroxylation sites is 1. The average molecular weight is 418 g/mol. The number of carbonyl (C=O) groups is 1. The summed E-state index contributed by atoms with van der Waals surface area (Å²) in [6.07, 6.45) is 1.59. The average Bonchev–Trinajstić information content (AvgIpc) is 2.77. The monoisotopic (exact) mass is 418 g/mol. The third-order valence-corrected chi connectivity index (χ3v) is 5.11. The maximum absolute atomic E-state index is 14.4. The molecular weight excluding hydrogens is 399 g/mol. The zero-order valence-corrected chi connectivity index (χ0v) is 16.8. The Morgan fingerprint density at radius 3 is 2.61 bits per heavy atom. The molecule has 2 aromatic heterocycles. The van der Waals surface area contributed by atoms with Gasteiger partial charge in [-0.15, -0.1) is 0 Å². The van der Waals surface area contributed by atoms with Gasteiger partial charge in [0, 0.05) is 23.0 Å². The van der Waals surface area contributed by atoms with E-state index in [0.29, 0.717) is 28.3 Å². The number of pyridine rings is 1. The summed E-state index contributed by atoms with van der Waals surface area (Å²) in [5.74, 6) is -1.36. The Balaban J connectivity index is 1.89. The molecule has 7 heteroatoms. The molecule has 0 fully saturated rings. The third kappa shape index (κ3) is 3.77. The van der Waals surface area contributed by atoms with Crippen molar-refractivity contribution in [2.75, 3.05) is 5.32 Å². The summed E-state index contributed by atoms with van der Waals surface area (Å²) < 4.78 is 20.5. The lowest BCUT2D eigenvalue weighted by Crippen LogP contribution is -2.14. The SMILES string of the molecule is Cc1c(-c2ccccn2)oc2c([C@@H](C)Nc3ccccc3C(=O)O)cc(F)cc2c1=O. The van der Waals surface area contributed by atoms with Gasteiger partial charge in [-0.05, 0) is 50.2 Å². The fourth-order valence-electron chi connectivity index (χ4n) is 3.55. The van der Waals surface area contributed by atoms with Crippen LogP contribution in [0.4, 0.5) is 10.1 Å². The van der Waals surface area contributed by atoms with Crippen LogP contribution in [-0.4, -0.2) is 16.1 Å². The molecule has 1 atom stereocenters. The molecule has 0 unspecified atom stereocenters. The fourth-order valence-corrected chi connectivity index (χ4v) is 3.55. The first-order valence-corrected chi connectivity index (χ1v) is 9.64. The molecule has 2 aromatic carbocycles. The van der Waals surface area contributed by atoms with Gasteiger partial charge in [0.15, 0.2) is 11.2 Å². The highest BCUT2D eigenvalue weighted by Crippen LogP contribution is 2.31. The van der Waals surface area contributed by atoms with Gasteiger partial charge in [-0.2, -0.15) is 0 Å². The van der Waals surface area contributed by atoms with Gasteiger partial charge < -0.3 is 14.8 Å². The number of hydrogen-bond acceptors (Lipinski definition) is 5. The van der Waals surface area contributed by atoms with E-state index in [0.717, 1.165) is 6.07 Å². The lowest BCUT2D eigenvalue weighted by Gasteiger charge is -2.19. The summed E-state index contributed by atoms with van der Waals surface area (Å²) >= 11 is 0. The molecule has 31 heavy (non-hydrogen) atoms. The molecule has 0 saturated carbocycles. The number of anilines is 1. The normalized spacial score (nSPS) is 12.0. The van der Waals surface area contributed by atoms with E-state index in [1.807, 2.05) is 0 Å². The minimum atomic E-state index is -1.08. The minimum absolute atomic E-state index is 0.0848. The van der Waals surface area contributed by atoms with Crippen LogP contribution in [0.2, 0.25) is 0 Å². The van der Waals surface area contributed by atoms with Crippen LogP contribution in [0.15, 0.2) is 70.0 Å². The van der Waals surface area contributed by atoms with Crippen molar-refractivity contribution in [3.8, 4) is 11.5 Å². The Bertz CT molecular complexity index is 1350. The van der Waals surface area contributed by atoms with E-state index in [-0.39, 0.29) is 22.0 Å². The van der Waals surface area contributed by atoms with E-state index in [4.69, 9.17) is 4.42 Å². The van der Waals surface area contributed by atoms with E-state index < -0.39 is 17.8 Å². The molecule has 0 aliphatic carbocycles. The smallest absolute Gasteiger partial charge is 0.337 e. The molecule has 4 rings (SSSR count). The highest BCUT2D eigenvalue weighted by molar-refractivity contribution is 5.94. The Morgan fingerprint density at radius 1 is 1.16 bits per heavy atom. The van der Waals surface area contributed by atoms with E-state index in [1.165, 1.54) is 12.1 Å². The lowest BCUT2D eigenvalue weighted by molar-refractivity contribution is 0.0698. The number of nitrogens with one attached hydrogen (secondary N) is 1. The largest absolute Gasteiger partial charge is 0.478 e. The maximum Gasteiger partial charge on any atom is 0.337 e. The molecule has 0 radical (unpaired) electrons. The number of aromatic carboxylic acids is 1. The highest BCUT2D eigenvalue weighted by Gasteiger charge is 2.21. The number of nitrogens with zero attached hydrogens (tertiary/aromatic N) is 1. The van der Waals surface area contributed by atoms with E-state index in [1.54, 1.807) is 56.4 Å². The fraction of sp³-hybridized carbons (Fsp3) is 0.125. The Labute approximate surface area is 177 Å². The second-order valence-corrected chi connectivity index (χ2v) is 7.19. The van der Waals surface area contributed by atoms with Crippen molar-refractivity contribution in [2.24, 2.45) is 0 Å². The van der Waals surface area contributed by atoms with Crippen LogP contribution in [0.3, 0.4) is 0 Å². The number of fused-ring (bicyclic) bond motifs is 1. The lowest BCUT2D eigenvalue weighted by atomic mass is 10.0. The van der Waals surface area contributed by atoms with Crippen LogP contribution in [0, 0.1) is 12.7 Å². The summed E-state index contributed by atoms with van der Waals surface area (Å²) in [4.78, 5) is 28.8. The number of aromatic nitrogens is 1. The summed E-state index contributed by atoms with van der Waals surface area (Å²) in [7, 11) is 0. The zero-order valence-electron chi connectivity index (χ0n) is 16.8. The van der Waals surface area contributed by atoms with E-state index in [9.17, 15) is 19.1 Å². The van der Waals surface area contributed by atoms with Gasteiger partial charge in [0.05, 0.1) is 17.0 Å². The van der Waals surface area contributed by atoms with Gasteiger partial charge in [0.1, 0.15) is 17.1 Å². The number of rotatable bonds is 5. The second kappa shape index (κ2) is 8.02. The van der Waals surface area contributed by atoms with Crippen molar-refractivity contribution >= 4 is 22.6 Å². The van der Waals surface area contributed by atoms with Gasteiger partial charge in [-0.1, -0.05) is 18.2 Å². The molecule has 4 aromatic rings. The second-order valence-electron chi connectivity index (χ2n) is 7.19. The maximum atomic E-state index is 14.4. The number of benzene rings is 2. The number of hydrogen-bond donors (Lipinski definition) is 2. The van der Waals surface area contributed by atoms with E-state index in [2.05, 4.69) is 10.3 Å². The molecule has 156 valence electrons. The number of carboxylic acids is 1. The molecule has 0 amide bonds. The predicted octanol–water partition coefficient (Wildman–Crippen LogP) is 5.17. The van der Waals surface area contributed by atoms with Crippen molar-refractivity contribution in [3.63, 3.8) is 0 Å². The van der Waals surface area contributed by atoms with Crippen molar-refractivity contribution in [2.45, 2.75) is 19.9 Å². The van der Waals surface area contributed by atoms with Crippen LogP contribution >= 0.6 is 0 Å². The molecule has 6 nitrogen and oxygen atoms in total. The minimum Gasteiger partial charge on any atom is -0.478 e. The van der Waals surface area contributed by atoms with Crippen LogP contribution in [0.1, 0.15) is 34.5 Å². The van der Waals surface area contributed by atoms with Gasteiger partial charge in [-0.3, -0.25) is 9.78 Å². The molecule has 0 saturated heterocycles. The molecular formula is C24H19FN2O4. The van der Waals surface area contributed by atoms with Crippen molar-refractivity contribution in [1.82, 2.24) is 4.98 Å². The quantitative estimate of drug-likeness (QED) is 0.464. The summed E-state index contributed by atoms with van der Waals surface area (Å²) in [6, 6.07) is 13.6. The summed E-state index contributed by atoms with van der Waals surface area (Å²) in [5.41, 5.74) is 1.56. The Kier molecular flexibility index (Phi) is 5.25. The van der Waals surface area contributed by atoms with Crippen LogP contribution in [-0.2, 0) is 0 Å². The van der Waals surface area contributed by atoms with Crippen molar-refractivity contribution in [1.29, 1.82) is 0 Å². The number of halogens is 1. The summed E-state index contributed by atoms with van der Waals surface area (Å²) in [6.45, 7) is 3.36. The highest BCUT2D eigenvalue weighted by atomic mass is 19.1. The predicted molar refractivity (Wildman–Crippen MR) is 116 cm³/mol. The molecule has 0 spiro atoms. The molecule has 2 heterocycles. The van der Waals surface area contributed by atoms with E-state index >= 15 is 0 Å². The van der Waals surface area contributed by atoms with Gasteiger partial charge >= 0.3 is 5.97 Å². The molecule has 0 aliphatic rings. The van der Waals surface area contributed by atoms with Gasteiger partial charge in [0.25, 0.3) is 0 Å².